The highest BCUT2D eigenvalue weighted by Crippen LogP contribution is 2.23. The van der Waals surface area contributed by atoms with Crippen LogP contribution in [0.3, 0.4) is 0 Å². The van der Waals surface area contributed by atoms with Crippen LogP contribution in [0.25, 0.3) is 0 Å². The molecule has 2 heterocycles. The van der Waals surface area contributed by atoms with Gasteiger partial charge in [0, 0.05) is 35.9 Å². The first-order valence-corrected chi connectivity index (χ1v) is 10.8. The maximum atomic E-state index is 12.9. The van der Waals surface area contributed by atoms with Crippen molar-refractivity contribution in [3.63, 3.8) is 0 Å². The van der Waals surface area contributed by atoms with E-state index in [1.54, 1.807) is 53.4 Å². The number of carbonyl (C=O) groups excluding carboxylic acids is 3. The molecule has 0 aliphatic carbocycles. The van der Waals surface area contributed by atoms with Crippen LogP contribution >= 0.6 is 11.6 Å². The summed E-state index contributed by atoms with van der Waals surface area (Å²) in [5.41, 5.74) is 2.06. The molecule has 2 aliphatic rings. The van der Waals surface area contributed by atoms with Crippen molar-refractivity contribution in [2.24, 2.45) is 0 Å². The number of amides is 3. The summed E-state index contributed by atoms with van der Waals surface area (Å²) in [6, 6.07) is 13.1. The van der Waals surface area contributed by atoms with Crippen molar-refractivity contribution in [3.05, 3.63) is 59.1 Å². The van der Waals surface area contributed by atoms with E-state index in [0.29, 0.717) is 23.9 Å². The number of β-amino-alcohol motifs (C(OH)–C–C–N with tert-alkyl or cyclic N) is 1. The number of aliphatic hydroxyl groups is 1. The molecule has 168 valence electrons. The van der Waals surface area contributed by atoms with Gasteiger partial charge < -0.3 is 25.0 Å². The molecule has 9 heteroatoms. The summed E-state index contributed by atoms with van der Waals surface area (Å²) in [4.78, 5) is 40.8. The predicted octanol–water partition coefficient (Wildman–Crippen LogP) is 1.85. The van der Waals surface area contributed by atoms with E-state index in [1.165, 1.54) is 4.90 Å². The lowest BCUT2D eigenvalue weighted by atomic mass is 10.1. The van der Waals surface area contributed by atoms with Crippen molar-refractivity contribution in [3.8, 4) is 0 Å². The number of carbonyl (C=O) groups is 3. The molecule has 2 aromatic rings. The molecule has 8 nitrogen and oxygen atoms in total. The maximum Gasteiger partial charge on any atom is 0.253 e. The van der Waals surface area contributed by atoms with Crippen LogP contribution < -0.4 is 10.2 Å². The molecule has 0 radical (unpaired) electrons. The summed E-state index contributed by atoms with van der Waals surface area (Å²) in [5.74, 6) is -0.700. The van der Waals surface area contributed by atoms with Crippen molar-refractivity contribution < 1.29 is 24.2 Å². The third kappa shape index (κ3) is 5.09. The van der Waals surface area contributed by atoms with Crippen LogP contribution in [0.1, 0.15) is 12.0 Å². The fraction of sp³-hybridized carbons (Fsp3) is 0.348. The number of likely N-dealkylation sites (tertiary alicyclic amines) is 1. The molecule has 2 aliphatic heterocycles. The lowest BCUT2D eigenvalue weighted by Gasteiger charge is -2.27. The number of hydrogen-bond acceptors (Lipinski definition) is 5. The standard InChI is InChI=1S/C23H24ClN3O5/c24-16-3-1-15(2-4-16)11-21(29)27-13-19(28)12-20(27)23(31)25-17-5-7-18(8-6-17)26-9-10-32-14-22(26)30/h1-8,19-20,28H,9-14H2,(H,25,31)/t19-,20-/m1/s1. The molecule has 2 atom stereocenters. The number of rotatable bonds is 5. The molecular formula is C23H24ClN3O5. The van der Waals surface area contributed by atoms with Gasteiger partial charge in [-0.15, -0.1) is 0 Å². The number of aliphatic hydroxyl groups excluding tert-OH is 1. The van der Waals surface area contributed by atoms with Gasteiger partial charge in [0.2, 0.25) is 11.8 Å². The first kappa shape index (κ1) is 22.3. The average Bonchev–Trinajstić information content (AvgIpc) is 3.18. The van der Waals surface area contributed by atoms with Gasteiger partial charge in [-0.05, 0) is 42.0 Å². The van der Waals surface area contributed by atoms with Gasteiger partial charge in [0.15, 0.2) is 0 Å². The van der Waals surface area contributed by atoms with E-state index >= 15 is 0 Å². The normalized spacial score (nSPS) is 21.0. The zero-order valence-electron chi connectivity index (χ0n) is 17.4. The Labute approximate surface area is 190 Å². The van der Waals surface area contributed by atoms with Crippen molar-refractivity contribution >= 4 is 40.7 Å². The molecular weight excluding hydrogens is 434 g/mol. The van der Waals surface area contributed by atoms with Gasteiger partial charge in [-0.25, -0.2) is 0 Å². The highest BCUT2D eigenvalue weighted by atomic mass is 35.5. The minimum atomic E-state index is -0.759. The number of benzene rings is 2. The van der Waals surface area contributed by atoms with Gasteiger partial charge >= 0.3 is 0 Å². The van der Waals surface area contributed by atoms with E-state index in [0.717, 1.165) is 11.3 Å². The highest BCUT2D eigenvalue weighted by molar-refractivity contribution is 6.30. The van der Waals surface area contributed by atoms with Crippen LogP contribution in [0.2, 0.25) is 5.02 Å². The largest absolute Gasteiger partial charge is 0.391 e. The minimum Gasteiger partial charge on any atom is -0.391 e. The molecule has 2 saturated heterocycles. The fourth-order valence-corrected chi connectivity index (χ4v) is 4.08. The summed E-state index contributed by atoms with van der Waals surface area (Å²) in [6.45, 7) is 1.13. The second kappa shape index (κ2) is 9.68. The van der Waals surface area contributed by atoms with Gasteiger partial charge in [0.1, 0.15) is 12.6 Å². The number of morpholine rings is 1. The topological polar surface area (TPSA) is 99.2 Å². The Balaban J connectivity index is 1.40. The van der Waals surface area contributed by atoms with E-state index in [2.05, 4.69) is 5.32 Å². The summed E-state index contributed by atoms with van der Waals surface area (Å²) in [6.07, 6.45) is -0.455. The monoisotopic (exact) mass is 457 g/mol. The zero-order chi connectivity index (χ0) is 22.7. The van der Waals surface area contributed by atoms with Crippen LogP contribution in [-0.4, -0.2) is 66.2 Å². The SMILES string of the molecule is O=C(Nc1ccc(N2CCOCC2=O)cc1)[C@H]1C[C@@H](O)CN1C(=O)Cc1ccc(Cl)cc1. The molecule has 2 aromatic carbocycles. The molecule has 32 heavy (non-hydrogen) atoms. The maximum absolute atomic E-state index is 12.9. The van der Waals surface area contributed by atoms with E-state index in [-0.39, 0.29) is 43.7 Å². The molecule has 0 spiro atoms. The van der Waals surface area contributed by atoms with Crippen molar-refractivity contribution in [1.29, 1.82) is 0 Å². The Kier molecular flexibility index (Phi) is 6.74. The lowest BCUT2D eigenvalue weighted by Crippen LogP contribution is -2.44. The molecule has 0 aromatic heterocycles. The average molecular weight is 458 g/mol. The predicted molar refractivity (Wildman–Crippen MR) is 120 cm³/mol. The van der Waals surface area contributed by atoms with Crippen LogP contribution in [0.4, 0.5) is 11.4 Å². The van der Waals surface area contributed by atoms with E-state index < -0.39 is 12.1 Å². The van der Waals surface area contributed by atoms with Crippen molar-refractivity contribution in [1.82, 2.24) is 4.90 Å². The second-order valence-electron chi connectivity index (χ2n) is 7.89. The van der Waals surface area contributed by atoms with Gasteiger partial charge in [0.25, 0.3) is 5.91 Å². The highest BCUT2D eigenvalue weighted by Gasteiger charge is 2.38. The molecule has 2 N–H and O–H groups in total. The molecule has 0 saturated carbocycles. The second-order valence-corrected chi connectivity index (χ2v) is 8.33. The summed E-state index contributed by atoms with van der Waals surface area (Å²) < 4.78 is 5.14. The number of halogens is 1. The third-order valence-corrected chi connectivity index (χ3v) is 5.85. The van der Waals surface area contributed by atoms with E-state index in [4.69, 9.17) is 16.3 Å². The van der Waals surface area contributed by atoms with Crippen LogP contribution in [-0.2, 0) is 25.5 Å². The van der Waals surface area contributed by atoms with Crippen LogP contribution in [0, 0.1) is 0 Å². The van der Waals surface area contributed by atoms with Gasteiger partial charge in [-0.1, -0.05) is 23.7 Å². The summed E-state index contributed by atoms with van der Waals surface area (Å²) >= 11 is 5.89. The molecule has 0 bridgehead atoms. The smallest absolute Gasteiger partial charge is 0.253 e. The number of nitrogens with zero attached hydrogens (tertiary/aromatic N) is 2. The molecule has 0 unspecified atom stereocenters. The van der Waals surface area contributed by atoms with Gasteiger partial charge in [-0.3, -0.25) is 14.4 Å². The fourth-order valence-electron chi connectivity index (χ4n) is 3.96. The Morgan fingerprint density at radius 2 is 1.84 bits per heavy atom. The zero-order valence-corrected chi connectivity index (χ0v) is 18.1. The van der Waals surface area contributed by atoms with Crippen molar-refractivity contribution in [2.45, 2.75) is 25.0 Å². The van der Waals surface area contributed by atoms with E-state index in [9.17, 15) is 19.5 Å². The first-order chi connectivity index (χ1) is 15.4. The summed E-state index contributed by atoms with van der Waals surface area (Å²) in [5, 5.41) is 13.5. The Hall–Kier alpha value is -2.94. The quantitative estimate of drug-likeness (QED) is 0.713. The summed E-state index contributed by atoms with van der Waals surface area (Å²) in [7, 11) is 0. The Morgan fingerprint density at radius 3 is 2.53 bits per heavy atom. The van der Waals surface area contributed by atoms with Gasteiger partial charge in [-0.2, -0.15) is 0 Å². The van der Waals surface area contributed by atoms with Crippen LogP contribution in [0.15, 0.2) is 48.5 Å². The molecule has 3 amide bonds. The van der Waals surface area contributed by atoms with E-state index in [1.807, 2.05) is 0 Å². The van der Waals surface area contributed by atoms with Crippen LogP contribution in [0.5, 0.6) is 0 Å². The van der Waals surface area contributed by atoms with Gasteiger partial charge in [0.05, 0.1) is 19.1 Å². The number of ether oxygens (including phenoxy) is 1. The third-order valence-electron chi connectivity index (χ3n) is 5.60. The van der Waals surface area contributed by atoms with Crippen molar-refractivity contribution in [2.75, 3.05) is 36.5 Å². The lowest BCUT2D eigenvalue weighted by molar-refractivity contribution is -0.136. The Morgan fingerprint density at radius 1 is 1.12 bits per heavy atom. The Bertz CT molecular complexity index is 996. The number of hydrogen-bond donors (Lipinski definition) is 2. The minimum absolute atomic E-state index is 0.0579. The molecule has 2 fully saturated rings. The molecule has 4 rings (SSSR count). The number of nitrogens with one attached hydrogen (secondary N) is 1. The first-order valence-electron chi connectivity index (χ1n) is 10.4. The number of anilines is 2.